The Hall–Kier alpha value is -1.75. The lowest BCUT2D eigenvalue weighted by atomic mass is 10.1. The third kappa shape index (κ3) is 3.22. The highest BCUT2D eigenvalue weighted by Gasteiger charge is 2.24. The van der Waals surface area contributed by atoms with Gasteiger partial charge in [0.2, 0.25) is 5.91 Å². The number of rotatable bonds is 6. The van der Waals surface area contributed by atoms with E-state index in [1.54, 1.807) is 0 Å². The monoisotopic (exact) mass is 276 g/mol. The SMILES string of the molecule is CCCNC(CN1CCN(C)c2ccccc21)C(N)=O. The molecule has 0 saturated heterocycles. The molecule has 0 fully saturated rings. The van der Waals surface area contributed by atoms with Crippen molar-refractivity contribution in [3.05, 3.63) is 24.3 Å². The van der Waals surface area contributed by atoms with E-state index in [4.69, 9.17) is 5.73 Å². The number of anilines is 2. The standard InChI is InChI=1S/C15H24N4O/c1-3-8-17-12(15(16)20)11-19-10-9-18(2)13-6-4-5-7-14(13)19/h4-7,12,17H,3,8-11H2,1-2H3,(H2,16,20). The normalized spacial score (nSPS) is 15.9. The predicted octanol–water partition coefficient (Wildman–Crippen LogP) is 0.796. The number of carbonyl (C=O) groups is 1. The van der Waals surface area contributed by atoms with Crippen LogP contribution in [0.5, 0.6) is 0 Å². The molecule has 1 unspecified atom stereocenters. The Bertz CT molecular complexity index is 463. The van der Waals surface area contributed by atoms with Gasteiger partial charge in [-0.3, -0.25) is 4.79 Å². The third-order valence-corrected chi connectivity index (χ3v) is 3.73. The van der Waals surface area contributed by atoms with Gasteiger partial charge in [0, 0.05) is 26.7 Å². The van der Waals surface area contributed by atoms with E-state index >= 15 is 0 Å². The summed E-state index contributed by atoms with van der Waals surface area (Å²) in [5.74, 6) is -0.283. The van der Waals surface area contributed by atoms with Crippen LogP contribution in [0.2, 0.25) is 0 Å². The van der Waals surface area contributed by atoms with Gasteiger partial charge in [-0.15, -0.1) is 0 Å². The van der Waals surface area contributed by atoms with Crippen LogP contribution >= 0.6 is 0 Å². The summed E-state index contributed by atoms with van der Waals surface area (Å²) >= 11 is 0. The Labute approximate surface area is 120 Å². The fraction of sp³-hybridized carbons (Fsp3) is 0.533. The lowest BCUT2D eigenvalue weighted by molar-refractivity contribution is -0.119. The van der Waals surface area contributed by atoms with Gasteiger partial charge in [-0.05, 0) is 25.1 Å². The molecular formula is C15H24N4O. The number of hydrogen-bond acceptors (Lipinski definition) is 4. The molecule has 3 N–H and O–H groups in total. The summed E-state index contributed by atoms with van der Waals surface area (Å²) in [5, 5.41) is 3.23. The largest absolute Gasteiger partial charge is 0.371 e. The van der Waals surface area contributed by atoms with Crippen molar-refractivity contribution in [3.63, 3.8) is 0 Å². The number of hydrogen-bond donors (Lipinski definition) is 2. The summed E-state index contributed by atoms with van der Waals surface area (Å²) in [6.07, 6.45) is 0.989. The number of likely N-dealkylation sites (N-methyl/N-ethyl adjacent to an activating group) is 1. The molecule has 20 heavy (non-hydrogen) atoms. The van der Waals surface area contributed by atoms with Crippen LogP contribution in [0.15, 0.2) is 24.3 Å². The molecule has 2 rings (SSSR count). The van der Waals surface area contributed by atoms with Gasteiger partial charge < -0.3 is 20.9 Å². The van der Waals surface area contributed by atoms with Gasteiger partial charge in [-0.25, -0.2) is 0 Å². The van der Waals surface area contributed by atoms with E-state index in [2.05, 4.69) is 41.2 Å². The summed E-state index contributed by atoms with van der Waals surface area (Å²) in [4.78, 5) is 16.1. The van der Waals surface area contributed by atoms with Crippen LogP contribution in [0.4, 0.5) is 11.4 Å². The van der Waals surface area contributed by atoms with Crippen LogP contribution in [0.3, 0.4) is 0 Å². The van der Waals surface area contributed by atoms with Crippen LogP contribution in [0.1, 0.15) is 13.3 Å². The molecule has 1 aliphatic rings. The molecule has 1 aromatic carbocycles. The Balaban J connectivity index is 2.13. The Morgan fingerprint density at radius 1 is 1.35 bits per heavy atom. The van der Waals surface area contributed by atoms with Gasteiger partial charge in [0.25, 0.3) is 0 Å². The van der Waals surface area contributed by atoms with Crippen molar-refractivity contribution in [1.29, 1.82) is 0 Å². The molecule has 1 aromatic rings. The quantitative estimate of drug-likeness (QED) is 0.806. The Morgan fingerprint density at radius 2 is 2.05 bits per heavy atom. The minimum Gasteiger partial charge on any atom is -0.371 e. The molecule has 0 aromatic heterocycles. The molecule has 0 aliphatic carbocycles. The van der Waals surface area contributed by atoms with Crippen LogP contribution in [-0.2, 0) is 4.79 Å². The topological polar surface area (TPSA) is 61.6 Å². The number of nitrogens with zero attached hydrogens (tertiary/aromatic N) is 2. The van der Waals surface area contributed by atoms with Crippen molar-refractivity contribution in [2.45, 2.75) is 19.4 Å². The summed E-state index contributed by atoms with van der Waals surface area (Å²) in [7, 11) is 2.09. The van der Waals surface area contributed by atoms with E-state index in [0.717, 1.165) is 26.1 Å². The number of primary amides is 1. The summed E-state index contributed by atoms with van der Waals surface area (Å²) < 4.78 is 0. The van der Waals surface area contributed by atoms with Crippen molar-refractivity contribution in [2.75, 3.05) is 43.0 Å². The molecule has 1 amide bonds. The number of amides is 1. The first kappa shape index (κ1) is 14.7. The average Bonchev–Trinajstić information content (AvgIpc) is 2.45. The molecule has 1 aliphatic heterocycles. The number of benzene rings is 1. The zero-order valence-electron chi connectivity index (χ0n) is 12.3. The van der Waals surface area contributed by atoms with Gasteiger partial charge in [-0.1, -0.05) is 19.1 Å². The molecule has 5 nitrogen and oxygen atoms in total. The van der Waals surface area contributed by atoms with Crippen molar-refractivity contribution in [2.24, 2.45) is 5.73 Å². The van der Waals surface area contributed by atoms with Crippen LogP contribution in [0, 0.1) is 0 Å². The first-order chi connectivity index (χ1) is 9.63. The maximum atomic E-state index is 11.6. The highest BCUT2D eigenvalue weighted by molar-refractivity contribution is 5.81. The van der Waals surface area contributed by atoms with Crippen molar-refractivity contribution >= 4 is 17.3 Å². The zero-order chi connectivity index (χ0) is 14.5. The molecule has 0 saturated carbocycles. The number of nitrogens with two attached hydrogens (primary N) is 1. The van der Waals surface area contributed by atoms with Crippen molar-refractivity contribution < 1.29 is 4.79 Å². The first-order valence-electron chi connectivity index (χ1n) is 7.21. The number of fused-ring (bicyclic) bond motifs is 1. The van der Waals surface area contributed by atoms with Crippen LogP contribution in [-0.4, -0.2) is 45.2 Å². The minimum absolute atomic E-state index is 0.283. The van der Waals surface area contributed by atoms with Gasteiger partial charge in [0.1, 0.15) is 6.04 Å². The Kier molecular flexibility index (Phi) is 4.84. The van der Waals surface area contributed by atoms with E-state index in [9.17, 15) is 4.79 Å². The van der Waals surface area contributed by atoms with Gasteiger partial charge in [0.15, 0.2) is 0 Å². The van der Waals surface area contributed by atoms with E-state index < -0.39 is 0 Å². The number of para-hydroxylation sites is 2. The summed E-state index contributed by atoms with van der Waals surface area (Å²) in [6, 6.07) is 7.98. The van der Waals surface area contributed by atoms with E-state index in [1.165, 1.54) is 11.4 Å². The highest BCUT2D eigenvalue weighted by atomic mass is 16.1. The fourth-order valence-electron chi connectivity index (χ4n) is 2.55. The highest BCUT2D eigenvalue weighted by Crippen LogP contribution is 2.31. The zero-order valence-corrected chi connectivity index (χ0v) is 12.3. The molecule has 1 heterocycles. The number of nitrogens with one attached hydrogen (secondary N) is 1. The maximum Gasteiger partial charge on any atom is 0.236 e. The number of carbonyl (C=O) groups excluding carboxylic acids is 1. The Morgan fingerprint density at radius 3 is 2.70 bits per heavy atom. The predicted molar refractivity (Wildman–Crippen MR) is 83.2 cm³/mol. The first-order valence-corrected chi connectivity index (χ1v) is 7.21. The second-order valence-electron chi connectivity index (χ2n) is 5.27. The smallest absolute Gasteiger partial charge is 0.236 e. The molecule has 1 atom stereocenters. The van der Waals surface area contributed by atoms with E-state index in [-0.39, 0.29) is 11.9 Å². The third-order valence-electron chi connectivity index (χ3n) is 3.73. The summed E-state index contributed by atoms with van der Waals surface area (Å²) in [6.45, 7) is 5.38. The molecule has 0 bridgehead atoms. The summed E-state index contributed by atoms with van der Waals surface area (Å²) in [5.41, 5.74) is 7.88. The molecular weight excluding hydrogens is 252 g/mol. The maximum absolute atomic E-state index is 11.6. The van der Waals surface area contributed by atoms with Gasteiger partial charge in [-0.2, -0.15) is 0 Å². The lowest BCUT2D eigenvalue weighted by Gasteiger charge is -2.38. The van der Waals surface area contributed by atoms with Gasteiger partial charge >= 0.3 is 0 Å². The van der Waals surface area contributed by atoms with E-state index in [0.29, 0.717) is 6.54 Å². The molecule has 5 heteroatoms. The van der Waals surface area contributed by atoms with Crippen LogP contribution < -0.4 is 20.9 Å². The molecule has 0 spiro atoms. The fourth-order valence-corrected chi connectivity index (χ4v) is 2.55. The molecule has 110 valence electrons. The van der Waals surface area contributed by atoms with Crippen molar-refractivity contribution in [1.82, 2.24) is 5.32 Å². The van der Waals surface area contributed by atoms with E-state index in [1.807, 2.05) is 12.1 Å². The van der Waals surface area contributed by atoms with Crippen molar-refractivity contribution in [3.8, 4) is 0 Å². The van der Waals surface area contributed by atoms with Crippen LogP contribution in [0.25, 0.3) is 0 Å². The van der Waals surface area contributed by atoms with Gasteiger partial charge in [0.05, 0.1) is 11.4 Å². The molecule has 0 radical (unpaired) electrons. The second-order valence-corrected chi connectivity index (χ2v) is 5.27. The second kappa shape index (κ2) is 6.61. The minimum atomic E-state index is -0.300. The lowest BCUT2D eigenvalue weighted by Crippen LogP contribution is -2.52. The average molecular weight is 276 g/mol.